The highest BCUT2D eigenvalue weighted by molar-refractivity contribution is 7.11. The zero-order valence-electron chi connectivity index (χ0n) is 13.3. The summed E-state index contributed by atoms with van der Waals surface area (Å²) in [5.41, 5.74) is 1.74. The van der Waals surface area contributed by atoms with Crippen molar-refractivity contribution < 1.29 is 9.32 Å². The summed E-state index contributed by atoms with van der Waals surface area (Å²) in [6.07, 6.45) is 4.45. The van der Waals surface area contributed by atoms with E-state index in [1.165, 1.54) is 4.88 Å². The van der Waals surface area contributed by atoms with E-state index >= 15 is 0 Å². The summed E-state index contributed by atoms with van der Waals surface area (Å²) in [5.74, 6) is 1.28. The highest BCUT2D eigenvalue weighted by atomic mass is 32.1. The number of carbonyl (C=O) groups is 1. The van der Waals surface area contributed by atoms with Gasteiger partial charge in [-0.3, -0.25) is 4.79 Å². The summed E-state index contributed by atoms with van der Waals surface area (Å²) >= 11 is 1.74. The van der Waals surface area contributed by atoms with E-state index in [4.69, 9.17) is 4.52 Å². The van der Waals surface area contributed by atoms with Gasteiger partial charge in [0.1, 0.15) is 5.76 Å². The van der Waals surface area contributed by atoms with Crippen LogP contribution in [0.1, 0.15) is 45.7 Å². The molecule has 0 saturated carbocycles. The molecule has 0 bridgehead atoms. The van der Waals surface area contributed by atoms with Crippen LogP contribution in [0.5, 0.6) is 0 Å². The molecule has 22 heavy (non-hydrogen) atoms. The Balaban J connectivity index is 1.68. The van der Waals surface area contributed by atoms with Gasteiger partial charge in [-0.25, -0.2) is 4.98 Å². The van der Waals surface area contributed by atoms with Crippen molar-refractivity contribution in [2.45, 2.75) is 46.0 Å². The van der Waals surface area contributed by atoms with Gasteiger partial charge in [0.15, 0.2) is 0 Å². The van der Waals surface area contributed by atoms with Gasteiger partial charge in [-0.15, -0.1) is 11.3 Å². The van der Waals surface area contributed by atoms with Crippen LogP contribution in [0.3, 0.4) is 0 Å². The molecule has 2 aromatic rings. The molecule has 0 unspecified atom stereocenters. The Bertz CT molecular complexity index is 657. The van der Waals surface area contributed by atoms with Gasteiger partial charge >= 0.3 is 0 Å². The van der Waals surface area contributed by atoms with Gasteiger partial charge in [-0.05, 0) is 33.6 Å². The van der Waals surface area contributed by atoms with E-state index in [0.29, 0.717) is 12.3 Å². The molecular weight excluding hydrogens is 298 g/mol. The Morgan fingerprint density at radius 3 is 2.91 bits per heavy atom. The molecule has 6 heteroatoms. The van der Waals surface area contributed by atoms with E-state index in [-0.39, 0.29) is 5.91 Å². The number of aromatic nitrogens is 2. The Kier molecular flexibility index (Phi) is 4.29. The van der Waals surface area contributed by atoms with Crippen molar-refractivity contribution in [3.05, 3.63) is 33.1 Å². The van der Waals surface area contributed by atoms with Crippen molar-refractivity contribution in [1.82, 2.24) is 15.0 Å². The minimum absolute atomic E-state index is 0.160. The van der Waals surface area contributed by atoms with Crippen LogP contribution in [-0.4, -0.2) is 34.0 Å². The molecule has 1 aliphatic rings. The molecule has 0 radical (unpaired) electrons. The fourth-order valence-corrected chi connectivity index (χ4v) is 3.88. The molecule has 1 aliphatic heterocycles. The molecule has 0 aromatic carbocycles. The maximum absolute atomic E-state index is 12.6. The average Bonchev–Trinajstić information content (AvgIpc) is 3.08. The number of aryl methyl sites for hydroxylation is 3. The predicted octanol–water partition coefficient (Wildman–Crippen LogP) is 3.01. The molecule has 0 aliphatic carbocycles. The van der Waals surface area contributed by atoms with Gasteiger partial charge in [0.2, 0.25) is 5.91 Å². The second-order valence-electron chi connectivity index (χ2n) is 5.97. The predicted molar refractivity (Wildman–Crippen MR) is 85.1 cm³/mol. The van der Waals surface area contributed by atoms with Crippen molar-refractivity contribution in [2.24, 2.45) is 0 Å². The van der Waals surface area contributed by atoms with Crippen LogP contribution >= 0.6 is 11.3 Å². The highest BCUT2D eigenvalue weighted by Crippen LogP contribution is 2.30. The van der Waals surface area contributed by atoms with Crippen LogP contribution in [0.2, 0.25) is 0 Å². The molecule has 1 amide bonds. The molecule has 0 N–H and O–H groups in total. The van der Waals surface area contributed by atoms with E-state index < -0.39 is 0 Å². The standard InChI is InChI=1S/C16H21N3O2S/c1-10-8-17-16(22-10)13-5-4-6-19(9-13)15(20)7-14-11(2)18-21-12(14)3/h8,13H,4-7,9H2,1-3H3/t13-/m1/s1. The number of hydrogen-bond acceptors (Lipinski definition) is 5. The molecule has 0 spiro atoms. The van der Waals surface area contributed by atoms with Crippen LogP contribution < -0.4 is 0 Å². The Labute approximate surface area is 134 Å². The maximum Gasteiger partial charge on any atom is 0.227 e. The van der Waals surface area contributed by atoms with Crippen molar-refractivity contribution in [1.29, 1.82) is 0 Å². The van der Waals surface area contributed by atoms with Crippen molar-refractivity contribution >= 4 is 17.2 Å². The lowest BCUT2D eigenvalue weighted by atomic mass is 9.98. The number of thiazole rings is 1. The molecule has 1 fully saturated rings. The second-order valence-corrected chi connectivity index (χ2v) is 7.23. The van der Waals surface area contributed by atoms with Crippen molar-refractivity contribution in [3.8, 4) is 0 Å². The minimum atomic E-state index is 0.160. The summed E-state index contributed by atoms with van der Waals surface area (Å²) in [6.45, 7) is 7.43. The number of amides is 1. The summed E-state index contributed by atoms with van der Waals surface area (Å²) in [5, 5.41) is 5.09. The van der Waals surface area contributed by atoms with Crippen LogP contribution in [0, 0.1) is 20.8 Å². The summed E-state index contributed by atoms with van der Waals surface area (Å²) in [6, 6.07) is 0. The monoisotopic (exact) mass is 319 g/mol. The summed E-state index contributed by atoms with van der Waals surface area (Å²) in [4.78, 5) is 20.3. The largest absolute Gasteiger partial charge is 0.361 e. The highest BCUT2D eigenvalue weighted by Gasteiger charge is 2.27. The maximum atomic E-state index is 12.6. The third-order valence-electron chi connectivity index (χ3n) is 4.27. The number of nitrogens with zero attached hydrogens (tertiary/aromatic N) is 3. The molecule has 118 valence electrons. The Morgan fingerprint density at radius 2 is 2.27 bits per heavy atom. The Morgan fingerprint density at radius 1 is 1.45 bits per heavy atom. The molecule has 5 nitrogen and oxygen atoms in total. The van der Waals surface area contributed by atoms with Gasteiger partial charge < -0.3 is 9.42 Å². The lowest BCUT2D eigenvalue weighted by Crippen LogP contribution is -2.40. The van der Waals surface area contributed by atoms with E-state index in [2.05, 4.69) is 17.1 Å². The normalized spacial score (nSPS) is 18.7. The van der Waals surface area contributed by atoms with Crippen LogP contribution in [0.4, 0.5) is 0 Å². The van der Waals surface area contributed by atoms with Crippen molar-refractivity contribution in [2.75, 3.05) is 13.1 Å². The topological polar surface area (TPSA) is 59.2 Å². The zero-order chi connectivity index (χ0) is 15.7. The summed E-state index contributed by atoms with van der Waals surface area (Å²) < 4.78 is 5.15. The molecule has 1 atom stereocenters. The average molecular weight is 319 g/mol. The van der Waals surface area contributed by atoms with E-state index in [0.717, 1.165) is 48.0 Å². The van der Waals surface area contributed by atoms with E-state index in [9.17, 15) is 4.79 Å². The third-order valence-corrected chi connectivity index (χ3v) is 5.35. The number of piperidine rings is 1. The van der Waals surface area contributed by atoms with Gasteiger partial charge in [-0.1, -0.05) is 5.16 Å². The number of hydrogen-bond donors (Lipinski definition) is 0. The SMILES string of the molecule is Cc1cnc([C@@H]2CCCN(C(=O)Cc3c(C)noc3C)C2)s1. The molecule has 1 saturated heterocycles. The minimum Gasteiger partial charge on any atom is -0.361 e. The fourth-order valence-electron chi connectivity index (χ4n) is 2.98. The van der Waals surface area contributed by atoms with Crippen LogP contribution in [-0.2, 0) is 11.2 Å². The first kappa shape index (κ1) is 15.2. The van der Waals surface area contributed by atoms with Crippen LogP contribution in [0.15, 0.2) is 10.7 Å². The Hall–Kier alpha value is -1.69. The van der Waals surface area contributed by atoms with Gasteiger partial charge in [0, 0.05) is 35.6 Å². The zero-order valence-corrected chi connectivity index (χ0v) is 14.1. The smallest absolute Gasteiger partial charge is 0.227 e. The van der Waals surface area contributed by atoms with Crippen molar-refractivity contribution in [3.63, 3.8) is 0 Å². The van der Waals surface area contributed by atoms with Gasteiger partial charge in [0.25, 0.3) is 0 Å². The van der Waals surface area contributed by atoms with E-state index in [1.54, 1.807) is 11.3 Å². The van der Waals surface area contributed by atoms with Gasteiger partial charge in [0.05, 0.1) is 17.1 Å². The quantitative estimate of drug-likeness (QED) is 0.872. The number of carbonyl (C=O) groups excluding carboxylic acids is 1. The first-order chi connectivity index (χ1) is 10.5. The second kappa shape index (κ2) is 6.20. The molecular formula is C16H21N3O2S. The van der Waals surface area contributed by atoms with Gasteiger partial charge in [-0.2, -0.15) is 0 Å². The molecule has 2 aromatic heterocycles. The summed E-state index contributed by atoms with van der Waals surface area (Å²) in [7, 11) is 0. The number of rotatable bonds is 3. The first-order valence-electron chi connectivity index (χ1n) is 7.66. The molecule has 3 rings (SSSR count). The molecule has 3 heterocycles. The lowest BCUT2D eigenvalue weighted by Gasteiger charge is -2.32. The number of likely N-dealkylation sites (tertiary alicyclic amines) is 1. The lowest BCUT2D eigenvalue weighted by molar-refractivity contribution is -0.131. The fraction of sp³-hybridized carbons (Fsp3) is 0.562. The van der Waals surface area contributed by atoms with E-state index in [1.807, 2.05) is 24.9 Å². The van der Waals surface area contributed by atoms with Crippen LogP contribution in [0.25, 0.3) is 0 Å². The first-order valence-corrected chi connectivity index (χ1v) is 8.48. The third kappa shape index (κ3) is 3.06.